The van der Waals surface area contributed by atoms with Gasteiger partial charge in [-0.25, -0.2) is 0 Å². The molecule has 1 heterocycles. The minimum Gasteiger partial charge on any atom is -0.382 e. The lowest BCUT2D eigenvalue weighted by Crippen LogP contribution is -2.09. The molecule has 1 N–H and O–H groups in total. The summed E-state index contributed by atoms with van der Waals surface area (Å²) in [5, 5.41) is 15.1. The number of rotatable bonds is 3. The van der Waals surface area contributed by atoms with Crippen molar-refractivity contribution in [2.75, 3.05) is 0 Å². The van der Waals surface area contributed by atoms with Crippen LogP contribution in [0.1, 0.15) is 24.3 Å². The van der Waals surface area contributed by atoms with Crippen LogP contribution in [0, 0.1) is 0 Å². The van der Waals surface area contributed by atoms with E-state index in [-0.39, 0.29) is 0 Å². The zero-order valence-corrected chi connectivity index (χ0v) is 11.6. The molecule has 5 heteroatoms. The largest absolute Gasteiger partial charge is 0.382 e. The molecule has 0 spiro atoms. The molecule has 2 aromatic rings. The number of benzene rings is 1. The maximum atomic E-state index is 10.3. The molecule has 2 rings (SSSR count). The summed E-state index contributed by atoms with van der Waals surface area (Å²) in [6.45, 7) is 2.70. The summed E-state index contributed by atoms with van der Waals surface area (Å²) in [5.41, 5.74) is 1.50. The van der Waals surface area contributed by atoms with E-state index in [0.717, 1.165) is 22.3 Å². The van der Waals surface area contributed by atoms with Gasteiger partial charge in [-0.3, -0.25) is 4.68 Å². The van der Waals surface area contributed by atoms with Crippen molar-refractivity contribution in [2.45, 2.75) is 19.6 Å². The van der Waals surface area contributed by atoms with Gasteiger partial charge in [0.25, 0.3) is 0 Å². The van der Waals surface area contributed by atoms with E-state index < -0.39 is 6.10 Å². The second-order valence-electron chi connectivity index (χ2n) is 3.64. The third-order valence-electron chi connectivity index (χ3n) is 2.58. The number of aromatic nitrogens is 2. The Balaban J connectivity index is 2.43. The van der Waals surface area contributed by atoms with Gasteiger partial charge in [0, 0.05) is 27.8 Å². The second-order valence-corrected chi connectivity index (χ2v) is 4.93. The molecule has 0 aliphatic heterocycles. The van der Waals surface area contributed by atoms with Crippen LogP contribution in [0.4, 0.5) is 0 Å². The van der Waals surface area contributed by atoms with Crippen LogP contribution in [0.2, 0.25) is 5.02 Å². The van der Waals surface area contributed by atoms with E-state index in [1.807, 2.05) is 19.1 Å². The van der Waals surface area contributed by atoms with E-state index in [4.69, 9.17) is 11.6 Å². The van der Waals surface area contributed by atoms with E-state index in [0.29, 0.717) is 5.02 Å². The molecule has 1 unspecified atom stereocenters. The highest BCUT2D eigenvalue weighted by Crippen LogP contribution is 2.30. The summed E-state index contributed by atoms with van der Waals surface area (Å²) in [6, 6.07) is 7.16. The summed E-state index contributed by atoms with van der Waals surface area (Å²) >= 11 is 9.36. The predicted octanol–water partition coefficient (Wildman–Crippen LogP) is 3.40. The Morgan fingerprint density at radius 1 is 1.47 bits per heavy atom. The van der Waals surface area contributed by atoms with Gasteiger partial charge in [0.05, 0.1) is 5.69 Å². The first-order valence-electron chi connectivity index (χ1n) is 5.28. The van der Waals surface area contributed by atoms with Gasteiger partial charge in [-0.2, -0.15) is 5.10 Å². The zero-order chi connectivity index (χ0) is 12.4. The number of aliphatic hydroxyl groups is 1. The van der Waals surface area contributed by atoms with E-state index in [2.05, 4.69) is 21.0 Å². The highest BCUT2D eigenvalue weighted by molar-refractivity contribution is 9.10. The molecule has 1 aromatic carbocycles. The van der Waals surface area contributed by atoms with Gasteiger partial charge in [0.2, 0.25) is 0 Å². The predicted molar refractivity (Wildman–Crippen MR) is 71.1 cm³/mol. The number of hydrogen-bond donors (Lipinski definition) is 1. The summed E-state index contributed by atoms with van der Waals surface area (Å²) in [4.78, 5) is 0. The van der Waals surface area contributed by atoms with Gasteiger partial charge in [0.15, 0.2) is 0 Å². The first kappa shape index (κ1) is 12.6. The van der Waals surface area contributed by atoms with Gasteiger partial charge in [0.1, 0.15) is 6.10 Å². The van der Waals surface area contributed by atoms with Crippen LogP contribution in [-0.4, -0.2) is 14.9 Å². The Hall–Kier alpha value is -0.840. The van der Waals surface area contributed by atoms with Crippen LogP contribution >= 0.6 is 27.5 Å². The molecule has 0 aliphatic carbocycles. The fourth-order valence-electron chi connectivity index (χ4n) is 1.72. The molecule has 17 heavy (non-hydrogen) atoms. The zero-order valence-electron chi connectivity index (χ0n) is 9.27. The molecular weight excluding hydrogens is 304 g/mol. The lowest BCUT2D eigenvalue weighted by atomic mass is 10.1. The van der Waals surface area contributed by atoms with Gasteiger partial charge in [-0.15, -0.1) is 0 Å². The summed E-state index contributed by atoms with van der Waals surface area (Å²) < 4.78 is 2.59. The Kier molecular flexibility index (Phi) is 3.86. The second kappa shape index (κ2) is 5.21. The third-order valence-corrected chi connectivity index (χ3v) is 3.54. The maximum absolute atomic E-state index is 10.3. The Morgan fingerprint density at radius 2 is 2.24 bits per heavy atom. The lowest BCUT2D eigenvalue weighted by Gasteiger charge is -2.14. The number of halogens is 2. The number of nitrogens with zero attached hydrogens (tertiary/aromatic N) is 2. The van der Waals surface area contributed by atoms with Gasteiger partial charge in [-0.1, -0.05) is 27.5 Å². The summed E-state index contributed by atoms with van der Waals surface area (Å²) in [7, 11) is 0. The van der Waals surface area contributed by atoms with Gasteiger partial charge < -0.3 is 5.11 Å². The van der Waals surface area contributed by atoms with Crippen molar-refractivity contribution in [2.24, 2.45) is 0 Å². The molecule has 0 bridgehead atoms. The Morgan fingerprint density at radius 3 is 2.94 bits per heavy atom. The van der Waals surface area contributed by atoms with Crippen molar-refractivity contribution in [1.29, 1.82) is 0 Å². The molecule has 0 aliphatic rings. The van der Waals surface area contributed by atoms with Crippen molar-refractivity contribution < 1.29 is 5.11 Å². The highest BCUT2D eigenvalue weighted by Gasteiger charge is 2.17. The number of aryl methyl sites for hydroxylation is 1. The minimum absolute atomic E-state index is 0.602. The van der Waals surface area contributed by atoms with Crippen LogP contribution < -0.4 is 0 Å². The molecule has 0 fully saturated rings. The number of hydrogen-bond acceptors (Lipinski definition) is 2. The summed E-state index contributed by atoms with van der Waals surface area (Å²) in [6.07, 6.45) is 0.950. The number of aliphatic hydroxyl groups excluding tert-OH is 1. The standard InChI is InChI=1S/C12H12BrClN2O/c1-2-16-11(5-6-15-16)12(17)9-7-8(14)3-4-10(9)13/h3-7,12,17H,2H2,1H3. The van der Waals surface area contributed by atoms with Gasteiger partial charge >= 0.3 is 0 Å². The summed E-state index contributed by atoms with van der Waals surface area (Å²) in [5.74, 6) is 0. The molecule has 0 saturated heterocycles. The lowest BCUT2D eigenvalue weighted by molar-refractivity contribution is 0.207. The quantitative estimate of drug-likeness (QED) is 0.942. The third kappa shape index (κ3) is 2.54. The van der Waals surface area contributed by atoms with Crippen LogP contribution in [0.15, 0.2) is 34.9 Å². The maximum Gasteiger partial charge on any atom is 0.122 e. The van der Waals surface area contributed by atoms with Crippen LogP contribution in [-0.2, 0) is 6.54 Å². The Bertz CT molecular complexity index is 527. The van der Waals surface area contributed by atoms with E-state index in [1.54, 1.807) is 23.0 Å². The topological polar surface area (TPSA) is 38.0 Å². The fraction of sp³-hybridized carbons (Fsp3) is 0.250. The van der Waals surface area contributed by atoms with E-state index >= 15 is 0 Å². The van der Waals surface area contributed by atoms with Crippen LogP contribution in [0.5, 0.6) is 0 Å². The van der Waals surface area contributed by atoms with Crippen molar-refractivity contribution in [3.05, 3.63) is 51.2 Å². The Labute approximate surface area is 113 Å². The molecule has 0 radical (unpaired) electrons. The van der Waals surface area contributed by atoms with Crippen molar-refractivity contribution in [1.82, 2.24) is 9.78 Å². The molecule has 90 valence electrons. The molecule has 3 nitrogen and oxygen atoms in total. The average molecular weight is 316 g/mol. The average Bonchev–Trinajstić information content (AvgIpc) is 2.79. The molecule has 0 saturated carbocycles. The molecule has 1 aromatic heterocycles. The smallest absolute Gasteiger partial charge is 0.122 e. The minimum atomic E-state index is -0.731. The van der Waals surface area contributed by atoms with Crippen molar-refractivity contribution in [3.8, 4) is 0 Å². The van der Waals surface area contributed by atoms with Crippen molar-refractivity contribution in [3.63, 3.8) is 0 Å². The van der Waals surface area contributed by atoms with Gasteiger partial charge in [-0.05, 0) is 31.2 Å². The monoisotopic (exact) mass is 314 g/mol. The van der Waals surface area contributed by atoms with E-state index in [9.17, 15) is 5.11 Å². The highest BCUT2D eigenvalue weighted by atomic mass is 79.9. The normalized spacial score (nSPS) is 12.7. The van der Waals surface area contributed by atoms with E-state index in [1.165, 1.54) is 0 Å². The first-order valence-corrected chi connectivity index (χ1v) is 6.45. The SMILES string of the molecule is CCn1nccc1C(O)c1cc(Cl)ccc1Br. The molecular formula is C12H12BrClN2O. The van der Waals surface area contributed by atoms with Crippen molar-refractivity contribution >= 4 is 27.5 Å². The van der Waals surface area contributed by atoms with Crippen LogP contribution in [0.3, 0.4) is 0 Å². The molecule has 1 atom stereocenters. The molecule has 0 amide bonds. The fourth-order valence-corrected chi connectivity index (χ4v) is 2.37. The van der Waals surface area contributed by atoms with Crippen LogP contribution in [0.25, 0.3) is 0 Å². The first-order chi connectivity index (χ1) is 8.13.